The molecule has 132 valence electrons. The second kappa shape index (κ2) is 8.09. The minimum absolute atomic E-state index is 0.0826. The molecule has 0 radical (unpaired) electrons. The van der Waals surface area contributed by atoms with Gasteiger partial charge in [-0.1, -0.05) is 24.3 Å². The van der Waals surface area contributed by atoms with Crippen molar-refractivity contribution in [1.29, 1.82) is 0 Å². The van der Waals surface area contributed by atoms with Gasteiger partial charge in [0.2, 0.25) is 0 Å². The van der Waals surface area contributed by atoms with Gasteiger partial charge in [0, 0.05) is 19.6 Å². The number of carboxylic acid groups (broad SMARTS) is 1. The van der Waals surface area contributed by atoms with Crippen LogP contribution in [0, 0.1) is 5.82 Å². The van der Waals surface area contributed by atoms with E-state index in [4.69, 9.17) is 14.6 Å². The van der Waals surface area contributed by atoms with Crippen LogP contribution >= 0.6 is 0 Å². The summed E-state index contributed by atoms with van der Waals surface area (Å²) in [6.45, 7) is 2.49. The minimum atomic E-state index is -0.999. The van der Waals surface area contributed by atoms with Gasteiger partial charge >= 0.3 is 5.97 Å². The molecule has 5 nitrogen and oxygen atoms in total. The molecule has 1 fully saturated rings. The molecule has 0 aromatic heterocycles. The number of hydrogen-bond acceptors (Lipinski definition) is 4. The molecule has 1 N–H and O–H groups in total. The maximum absolute atomic E-state index is 13.1. The fourth-order valence-corrected chi connectivity index (χ4v) is 2.86. The highest BCUT2D eigenvalue weighted by atomic mass is 19.1. The first-order chi connectivity index (χ1) is 12.1. The van der Waals surface area contributed by atoms with E-state index in [9.17, 15) is 9.18 Å². The molecule has 2 aromatic rings. The second-order valence-corrected chi connectivity index (χ2v) is 5.98. The molecule has 1 aliphatic rings. The van der Waals surface area contributed by atoms with E-state index in [1.807, 2.05) is 18.2 Å². The van der Waals surface area contributed by atoms with Gasteiger partial charge in [0.05, 0.1) is 12.7 Å². The monoisotopic (exact) mass is 345 g/mol. The lowest BCUT2D eigenvalue weighted by atomic mass is 10.1. The molecule has 0 bridgehead atoms. The largest absolute Gasteiger partial charge is 0.482 e. The molecular formula is C19H20FNO4. The lowest BCUT2D eigenvalue weighted by Gasteiger charge is -2.33. The average Bonchev–Trinajstić information content (AvgIpc) is 2.61. The van der Waals surface area contributed by atoms with Gasteiger partial charge in [0.25, 0.3) is 0 Å². The van der Waals surface area contributed by atoms with E-state index >= 15 is 0 Å². The third-order valence-corrected chi connectivity index (χ3v) is 4.06. The summed E-state index contributed by atoms with van der Waals surface area (Å²) < 4.78 is 24.1. The van der Waals surface area contributed by atoms with Crippen molar-refractivity contribution in [1.82, 2.24) is 4.90 Å². The summed E-state index contributed by atoms with van der Waals surface area (Å²) in [5, 5.41) is 8.69. The van der Waals surface area contributed by atoms with Gasteiger partial charge in [0.1, 0.15) is 11.6 Å². The van der Waals surface area contributed by atoms with E-state index in [2.05, 4.69) is 4.90 Å². The van der Waals surface area contributed by atoms with E-state index < -0.39 is 5.97 Å². The van der Waals surface area contributed by atoms with Crippen LogP contribution in [-0.4, -0.2) is 42.3 Å². The first-order valence-corrected chi connectivity index (χ1v) is 8.13. The molecule has 1 heterocycles. The average molecular weight is 345 g/mol. The molecule has 0 amide bonds. The highest BCUT2D eigenvalue weighted by Crippen LogP contribution is 2.24. The SMILES string of the molecule is O=C(O)COc1cccc(CN2CCOC(c3ccc(F)cc3)C2)c1. The third-order valence-electron chi connectivity index (χ3n) is 4.06. The normalized spacial score (nSPS) is 18.0. The van der Waals surface area contributed by atoms with Crippen LogP contribution in [0.4, 0.5) is 4.39 Å². The van der Waals surface area contributed by atoms with Crippen LogP contribution in [0.5, 0.6) is 5.75 Å². The summed E-state index contributed by atoms with van der Waals surface area (Å²) in [7, 11) is 0. The molecule has 1 atom stereocenters. The number of ether oxygens (including phenoxy) is 2. The van der Waals surface area contributed by atoms with Crippen molar-refractivity contribution in [3.05, 3.63) is 65.5 Å². The summed E-state index contributed by atoms with van der Waals surface area (Å²) in [5.74, 6) is -0.710. The van der Waals surface area contributed by atoms with Crippen molar-refractivity contribution in [2.75, 3.05) is 26.3 Å². The predicted molar refractivity (Wildman–Crippen MR) is 89.9 cm³/mol. The Bertz CT molecular complexity index is 720. The second-order valence-electron chi connectivity index (χ2n) is 5.98. The summed E-state index contributed by atoms with van der Waals surface area (Å²) in [6.07, 6.45) is -0.0826. The van der Waals surface area contributed by atoms with E-state index in [1.54, 1.807) is 18.2 Å². The van der Waals surface area contributed by atoms with Crippen LogP contribution in [-0.2, 0) is 16.1 Å². The summed E-state index contributed by atoms with van der Waals surface area (Å²) in [5.41, 5.74) is 2.01. The Morgan fingerprint density at radius 2 is 2.08 bits per heavy atom. The van der Waals surface area contributed by atoms with Crippen molar-refractivity contribution >= 4 is 5.97 Å². The van der Waals surface area contributed by atoms with Gasteiger partial charge in [-0.2, -0.15) is 0 Å². The lowest BCUT2D eigenvalue weighted by Crippen LogP contribution is -2.37. The molecule has 25 heavy (non-hydrogen) atoms. The topological polar surface area (TPSA) is 59.0 Å². The summed E-state index contributed by atoms with van der Waals surface area (Å²) in [6, 6.07) is 13.8. The first-order valence-electron chi connectivity index (χ1n) is 8.13. The fraction of sp³-hybridized carbons (Fsp3) is 0.316. The van der Waals surface area contributed by atoms with Crippen molar-refractivity contribution < 1.29 is 23.8 Å². The van der Waals surface area contributed by atoms with Crippen molar-refractivity contribution in [3.63, 3.8) is 0 Å². The van der Waals surface area contributed by atoms with Gasteiger partial charge in [-0.05, 0) is 35.4 Å². The maximum Gasteiger partial charge on any atom is 0.341 e. The molecule has 1 saturated heterocycles. The van der Waals surface area contributed by atoms with Crippen LogP contribution in [0.1, 0.15) is 17.2 Å². The molecular weight excluding hydrogens is 325 g/mol. The van der Waals surface area contributed by atoms with Crippen LogP contribution in [0.2, 0.25) is 0 Å². The maximum atomic E-state index is 13.1. The first kappa shape index (κ1) is 17.4. The number of hydrogen-bond donors (Lipinski definition) is 1. The Morgan fingerprint density at radius 1 is 1.28 bits per heavy atom. The zero-order valence-corrected chi connectivity index (χ0v) is 13.7. The number of rotatable bonds is 6. The minimum Gasteiger partial charge on any atom is -0.482 e. The number of morpholine rings is 1. The zero-order valence-electron chi connectivity index (χ0n) is 13.7. The Labute approximate surface area is 145 Å². The molecule has 3 rings (SSSR count). The summed E-state index contributed by atoms with van der Waals surface area (Å²) >= 11 is 0. The smallest absolute Gasteiger partial charge is 0.341 e. The number of carboxylic acids is 1. The molecule has 0 aliphatic carbocycles. The summed E-state index contributed by atoms with van der Waals surface area (Å²) in [4.78, 5) is 12.9. The molecule has 0 saturated carbocycles. The number of aliphatic carboxylic acids is 1. The van der Waals surface area contributed by atoms with Gasteiger partial charge < -0.3 is 14.6 Å². The van der Waals surface area contributed by atoms with E-state index in [-0.39, 0.29) is 18.5 Å². The number of halogens is 1. The van der Waals surface area contributed by atoms with Gasteiger partial charge in [0.15, 0.2) is 6.61 Å². The Hall–Kier alpha value is -2.44. The highest BCUT2D eigenvalue weighted by Gasteiger charge is 2.22. The van der Waals surface area contributed by atoms with E-state index in [1.165, 1.54) is 12.1 Å². The van der Waals surface area contributed by atoms with Crippen LogP contribution < -0.4 is 4.74 Å². The molecule has 6 heteroatoms. The van der Waals surface area contributed by atoms with Gasteiger partial charge in [-0.3, -0.25) is 4.90 Å². The van der Waals surface area contributed by atoms with Crippen molar-refractivity contribution in [2.24, 2.45) is 0 Å². The Kier molecular flexibility index (Phi) is 5.63. The van der Waals surface area contributed by atoms with Crippen molar-refractivity contribution in [3.8, 4) is 5.75 Å². The molecule has 1 aliphatic heterocycles. The molecule has 2 aromatic carbocycles. The molecule has 0 spiro atoms. The zero-order chi connectivity index (χ0) is 17.6. The number of carbonyl (C=O) groups is 1. The van der Waals surface area contributed by atoms with Crippen LogP contribution in [0.15, 0.2) is 48.5 Å². The molecule has 1 unspecified atom stereocenters. The van der Waals surface area contributed by atoms with Crippen molar-refractivity contribution in [2.45, 2.75) is 12.6 Å². The Morgan fingerprint density at radius 3 is 2.84 bits per heavy atom. The quantitative estimate of drug-likeness (QED) is 0.872. The van der Waals surface area contributed by atoms with Crippen LogP contribution in [0.25, 0.3) is 0 Å². The number of nitrogens with zero attached hydrogens (tertiary/aromatic N) is 1. The van der Waals surface area contributed by atoms with E-state index in [0.717, 1.165) is 17.7 Å². The number of benzene rings is 2. The van der Waals surface area contributed by atoms with Gasteiger partial charge in [-0.15, -0.1) is 0 Å². The fourth-order valence-electron chi connectivity index (χ4n) is 2.86. The van der Waals surface area contributed by atoms with Crippen LogP contribution in [0.3, 0.4) is 0 Å². The third kappa shape index (κ3) is 5.01. The highest BCUT2D eigenvalue weighted by molar-refractivity contribution is 5.68. The Balaban J connectivity index is 1.61. The van der Waals surface area contributed by atoms with Gasteiger partial charge in [-0.25, -0.2) is 9.18 Å². The standard InChI is InChI=1S/C19H20FNO4/c20-16-6-4-15(5-7-16)18-12-21(8-9-24-18)11-14-2-1-3-17(10-14)25-13-19(22)23/h1-7,10,18H,8-9,11-13H2,(H,22,23). The predicted octanol–water partition coefficient (Wildman–Crippen LogP) is 2.86. The van der Waals surface area contributed by atoms with E-state index in [0.29, 0.717) is 25.4 Å². The lowest BCUT2D eigenvalue weighted by molar-refractivity contribution is -0.139.